The van der Waals surface area contributed by atoms with E-state index in [4.69, 9.17) is 4.74 Å². The van der Waals surface area contributed by atoms with Crippen LogP contribution in [0.2, 0.25) is 0 Å². The van der Waals surface area contributed by atoms with E-state index in [9.17, 15) is 4.79 Å². The standard InChI is InChI=1S/C17H32N2O2/c1-3-10-18-16-9-11-19(13-14(16)2)17(20)8-7-15-6-4-5-12-21-15/h14-16,18H,3-13H2,1-2H3. The summed E-state index contributed by atoms with van der Waals surface area (Å²) in [5.74, 6) is 0.880. The minimum absolute atomic E-state index is 0.323. The number of nitrogens with zero attached hydrogens (tertiary/aromatic N) is 1. The Bertz CT molecular complexity index is 316. The second-order valence-corrected chi connectivity index (χ2v) is 6.69. The molecular weight excluding hydrogens is 264 g/mol. The first kappa shape index (κ1) is 16.8. The van der Waals surface area contributed by atoms with Gasteiger partial charge in [0.25, 0.3) is 0 Å². The van der Waals surface area contributed by atoms with Gasteiger partial charge in [0, 0.05) is 32.2 Å². The van der Waals surface area contributed by atoms with Crippen molar-refractivity contribution < 1.29 is 9.53 Å². The van der Waals surface area contributed by atoms with Gasteiger partial charge in [0.15, 0.2) is 0 Å². The van der Waals surface area contributed by atoms with Crippen molar-refractivity contribution in [3.05, 3.63) is 0 Å². The van der Waals surface area contributed by atoms with Crippen LogP contribution >= 0.6 is 0 Å². The van der Waals surface area contributed by atoms with Crippen molar-refractivity contribution in [3.8, 4) is 0 Å². The minimum Gasteiger partial charge on any atom is -0.378 e. The smallest absolute Gasteiger partial charge is 0.222 e. The molecule has 0 aromatic heterocycles. The molecule has 2 aliphatic heterocycles. The van der Waals surface area contributed by atoms with Crippen LogP contribution in [-0.4, -0.2) is 49.2 Å². The van der Waals surface area contributed by atoms with Crippen LogP contribution in [0.4, 0.5) is 0 Å². The predicted molar refractivity (Wildman–Crippen MR) is 85.3 cm³/mol. The zero-order chi connectivity index (χ0) is 15.1. The molecule has 2 rings (SSSR count). The molecule has 2 fully saturated rings. The van der Waals surface area contributed by atoms with E-state index in [2.05, 4.69) is 24.1 Å². The van der Waals surface area contributed by atoms with Crippen LogP contribution < -0.4 is 5.32 Å². The molecule has 0 aliphatic carbocycles. The highest BCUT2D eigenvalue weighted by molar-refractivity contribution is 5.76. The topological polar surface area (TPSA) is 41.6 Å². The number of hydrogen-bond donors (Lipinski definition) is 1. The van der Waals surface area contributed by atoms with E-state index in [1.807, 2.05) is 0 Å². The van der Waals surface area contributed by atoms with E-state index in [1.54, 1.807) is 0 Å². The second kappa shape index (κ2) is 8.74. The summed E-state index contributed by atoms with van der Waals surface area (Å²) in [7, 11) is 0. The number of carbonyl (C=O) groups is 1. The molecule has 3 unspecified atom stereocenters. The largest absolute Gasteiger partial charge is 0.378 e. The monoisotopic (exact) mass is 296 g/mol. The van der Waals surface area contributed by atoms with Gasteiger partial charge < -0.3 is 15.0 Å². The van der Waals surface area contributed by atoms with E-state index >= 15 is 0 Å². The molecule has 2 heterocycles. The molecule has 0 saturated carbocycles. The number of ether oxygens (including phenoxy) is 1. The lowest BCUT2D eigenvalue weighted by Crippen LogP contribution is -2.50. The molecular formula is C17H32N2O2. The summed E-state index contributed by atoms with van der Waals surface area (Å²) in [5.41, 5.74) is 0. The molecule has 0 spiro atoms. The molecule has 1 N–H and O–H groups in total. The molecule has 3 atom stereocenters. The fourth-order valence-corrected chi connectivity index (χ4v) is 3.48. The van der Waals surface area contributed by atoms with Gasteiger partial charge in [-0.05, 0) is 51.0 Å². The highest BCUT2D eigenvalue weighted by Crippen LogP contribution is 2.20. The molecule has 2 aliphatic rings. The van der Waals surface area contributed by atoms with Crippen molar-refractivity contribution in [3.63, 3.8) is 0 Å². The summed E-state index contributed by atoms with van der Waals surface area (Å²) in [6.07, 6.45) is 7.71. The zero-order valence-corrected chi connectivity index (χ0v) is 13.8. The van der Waals surface area contributed by atoms with E-state index in [-0.39, 0.29) is 0 Å². The van der Waals surface area contributed by atoms with Crippen LogP contribution in [0.1, 0.15) is 58.8 Å². The second-order valence-electron chi connectivity index (χ2n) is 6.69. The lowest BCUT2D eigenvalue weighted by molar-refractivity contribution is -0.134. The lowest BCUT2D eigenvalue weighted by atomic mass is 9.93. The highest BCUT2D eigenvalue weighted by Gasteiger charge is 2.28. The van der Waals surface area contributed by atoms with E-state index in [1.165, 1.54) is 19.3 Å². The van der Waals surface area contributed by atoms with Gasteiger partial charge in [0.1, 0.15) is 0 Å². The van der Waals surface area contributed by atoms with Crippen molar-refractivity contribution >= 4 is 5.91 Å². The Kier molecular flexibility index (Phi) is 6.97. The minimum atomic E-state index is 0.323. The van der Waals surface area contributed by atoms with Gasteiger partial charge in [-0.25, -0.2) is 0 Å². The summed E-state index contributed by atoms with van der Waals surface area (Å²) in [6, 6.07) is 0.579. The fraction of sp³-hybridized carbons (Fsp3) is 0.941. The third kappa shape index (κ3) is 5.26. The van der Waals surface area contributed by atoms with Gasteiger partial charge >= 0.3 is 0 Å². The molecule has 122 valence electrons. The molecule has 0 aromatic carbocycles. The lowest BCUT2D eigenvalue weighted by Gasteiger charge is -2.37. The van der Waals surface area contributed by atoms with Crippen molar-refractivity contribution in [1.29, 1.82) is 0 Å². The number of carbonyl (C=O) groups excluding carboxylic acids is 1. The third-order valence-electron chi connectivity index (χ3n) is 4.87. The summed E-state index contributed by atoms with van der Waals surface area (Å²) in [4.78, 5) is 14.4. The van der Waals surface area contributed by atoms with Crippen LogP contribution in [0.5, 0.6) is 0 Å². The maximum atomic E-state index is 12.4. The van der Waals surface area contributed by atoms with E-state index < -0.39 is 0 Å². The first-order valence-corrected chi connectivity index (χ1v) is 8.83. The van der Waals surface area contributed by atoms with Gasteiger partial charge in [0.05, 0.1) is 6.10 Å². The Morgan fingerprint density at radius 3 is 2.86 bits per heavy atom. The summed E-state index contributed by atoms with van der Waals surface area (Å²) < 4.78 is 5.72. The maximum absolute atomic E-state index is 12.4. The highest BCUT2D eigenvalue weighted by atomic mass is 16.5. The number of amides is 1. The third-order valence-corrected chi connectivity index (χ3v) is 4.87. The number of likely N-dealkylation sites (tertiary alicyclic amines) is 1. The normalized spacial score (nSPS) is 30.4. The molecule has 0 radical (unpaired) electrons. The zero-order valence-electron chi connectivity index (χ0n) is 13.8. The van der Waals surface area contributed by atoms with Gasteiger partial charge in [-0.2, -0.15) is 0 Å². The SMILES string of the molecule is CCCNC1CCN(C(=O)CCC2CCCCO2)CC1C. The number of rotatable bonds is 6. The first-order chi connectivity index (χ1) is 10.2. The van der Waals surface area contributed by atoms with Crippen LogP contribution in [0.3, 0.4) is 0 Å². The van der Waals surface area contributed by atoms with Crippen LogP contribution in [0, 0.1) is 5.92 Å². The van der Waals surface area contributed by atoms with Crippen molar-refractivity contribution in [1.82, 2.24) is 10.2 Å². The average Bonchev–Trinajstić information content (AvgIpc) is 2.52. The number of nitrogens with one attached hydrogen (secondary N) is 1. The molecule has 21 heavy (non-hydrogen) atoms. The Morgan fingerprint density at radius 1 is 1.33 bits per heavy atom. The van der Waals surface area contributed by atoms with Crippen LogP contribution in [0.25, 0.3) is 0 Å². The molecule has 0 aromatic rings. The Morgan fingerprint density at radius 2 is 2.19 bits per heavy atom. The molecule has 4 heteroatoms. The van der Waals surface area contributed by atoms with Crippen molar-refractivity contribution in [2.45, 2.75) is 70.9 Å². The van der Waals surface area contributed by atoms with Gasteiger partial charge in [0.2, 0.25) is 5.91 Å². The molecule has 0 bridgehead atoms. The average molecular weight is 296 g/mol. The summed E-state index contributed by atoms with van der Waals surface area (Å²) in [6.45, 7) is 8.24. The quantitative estimate of drug-likeness (QED) is 0.819. The summed E-state index contributed by atoms with van der Waals surface area (Å²) >= 11 is 0. The molecule has 2 saturated heterocycles. The predicted octanol–water partition coefficient (Wildman–Crippen LogP) is 2.57. The van der Waals surface area contributed by atoms with Crippen molar-refractivity contribution in [2.24, 2.45) is 5.92 Å². The van der Waals surface area contributed by atoms with Crippen LogP contribution in [-0.2, 0) is 9.53 Å². The Balaban J connectivity index is 1.68. The van der Waals surface area contributed by atoms with E-state index in [0.29, 0.717) is 30.4 Å². The first-order valence-electron chi connectivity index (χ1n) is 8.83. The Hall–Kier alpha value is -0.610. The number of piperidine rings is 1. The van der Waals surface area contributed by atoms with Gasteiger partial charge in [-0.15, -0.1) is 0 Å². The maximum Gasteiger partial charge on any atom is 0.222 e. The Labute approximate surface area is 129 Å². The molecule has 4 nitrogen and oxygen atoms in total. The molecule has 1 amide bonds. The van der Waals surface area contributed by atoms with Crippen LogP contribution in [0.15, 0.2) is 0 Å². The summed E-state index contributed by atoms with van der Waals surface area (Å²) in [5, 5.41) is 3.61. The number of hydrogen-bond acceptors (Lipinski definition) is 3. The van der Waals surface area contributed by atoms with Gasteiger partial charge in [-0.3, -0.25) is 4.79 Å². The van der Waals surface area contributed by atoms with Gasteiger partial charge in [-0.1, -0.05) is 13.8 Å². The van der Waals surface area contributed by atoms with E-state index in [0.717, 1.165) is 45.5 Å². The van der Waals surface area contributed by atoms with Crippen molar-refractivity contribution in [2.75, 3.05) is 26.2 Å². The fourth-order valence-electron chi connectivity index (χ4n) is 3.48.